The lowest BCUT2D eigenvalue weighted by Gasteiger charge is -2.32. The van der Waals surface area contributed by atoms with E-state index in [-0.39, 0.29) is 11.7 Å². The van der Waals surface area contributed by atoms with E-state index < -0.39 is 11.9 Å². The highest BCUT2D eigenvalue weighted by atomic mass is 32.2. The molecule has 2 amide bonds. The van der Waals surface area contributed by atoms with Gasteiger partial charge in [-0.3, -0.25) is 14.7 Å². The van der Waals surface area contributed by atoms with Crippen molar-refractivity contribution in [1.29, 1.82) is 0 Å². The molecule has 1 unspecified atom stereocenters. The summed E-state index contributed by atoms with van der Waals surface area (Å²) in [5.41, 5.74) is 3.72. The summed E-state index contributed by atoms with van der Waals surface area (Å²) in [7, 11) is 0. The van der Waals surface area contributed by atoms with Gasteiger partial charge in [0.1, 0.15) is 11.6 Å². The molecule has 3 fully saturated rings. The molecule has 4 aliphatic rings. The maximum absolute atomic E-state index is 14.0. The Balaban J connectivity index is 1.26. The number of thioether (sulfide) groups is 1. The largest absolute Gasteiger partial charge is 0.415 e. The topological polar surface area (TPSA) is 77.5 Å². The number of aliphatic imine (C=N–C) groups is 1. The van der Waals surface area contributed by atoms with Crippen LogP contribution < -0.4 is 10.2 Å². The zero-order chi connectivity index (χ0) is 23.5. The van der Waals surface area contributed by atoms with E-state index >= 15 is 0 Å². The van der Waals surface area contributed by atoms with E-state index in [9.17, 15) is 14.0 Å². The van der Waals surface area contributed by atoms with Gasteiger partial charge in [0.05, 0.1) is 4.91 Å². The Kier molecular flexibility index (Phi) is 7.17. The molecule has 0 aromatic heterocycles. The fraction of sp³-hybridized carbons (Fsp3) is 0.542. The van der Waals surface area contributed by atoms with Crippen LogP contribution in [0.1, 0.15) is 44.1 Å². The first kappa shape index (κ1) is 23.3. The van der Waals surface area contributed by atoms with Crippen LogP contribution in [0.4, 0.5) is 9.18 Å². The maximum Gasteiger partial charge on any atom is 0.415 e. The van der Waals surface area contributed by atoms with Crippen molar-refractivity contribution in [2.45, 2.75) is 44.6 Å². The number of nitrogens with zero attached hydrogens (tertiary/aromatic N) is 4. The smallest absolute Gasteiger partial charge is 0.409 e. The van der Waals surface area contributed by atoms with Crippen molar-refractivity contribution in [3.05, 3.63) is 34.5 Å². The van der Waals surface area contributed by atoms with Crippen molar-refractivity contribution in [2.24, 2.45) is 4.99 Å². The van der Waals surface area contributed by atoms with E-state index in [1.165, 1.54) is 49.2 Å². The molecule has 8 nitrogen and oxygen atoms in total. The number of rotatable bonds is 3. The number of carbonyl (C=O) groups is 2. The zero-order valence-corrected chi connectivity index (χ0v) is 20.0. The highest BCUT2D eigenvalue weighted by Crippen LogP contribution is 2.33. The molecule has 1 aromatic rings. The Labute approximate surface area is 203 Å². The van der Waals surface area contributed by atoms with Crippen LogP contribution in [0.5, 0.6) is 5.75 Å². The van der Waals surface area contributed by atoms with Crippen LogP contribution in [-0.2, 0) is 4.79 Å². The molecule has 4 aliphatic heterocycles. The molecule has 0 spiro atoms. The van der Waals surface area contributed by atoms with Crippen molar-refractivity contribution < 1.29 is 18.7 Å². The molecule has 1 aromatic carbocycles. The summed E-state index contributed by atoms with van der Waals surface area (Å²) >= 11 is 1.27. The SMILES string of the molecule is O=C1N=C(N2CCCCN2)SC1=Cc1ccc(F)cc1OC(=O)N1CCC(N2CCCCC2)C1. The highest BCUT2D eigenvalue weighted by Gasteiger charge is 2.32. The number of nitrogens with one attached hydrogen (secondary N) is 1. The van der Waals surface area contributed by atoms with Crippen LogP contribution in [0.25, 0.3) is 6.08 Å². The van der Waals surface area contributed by atoms with E-state index in [0.717, 1.165) is 45.4 Å². The standard InChI is InChI=1S/C24H30FN5O3S/c25-18-7-6-17(14-21-22(31)27-23(34-21)30-12-5-2-9-26-30)20(15-18)33-24(32)29-13-8-19(16-29)28-10-3-1-4-11-28/h6-7,14-15,19,26H,1-5,8-13,16H2. The molecule has 1 N–H and O–H groups in total. The van der Waals surface area contributed by atoms with Gasteiger partial charge in [-0.1, -0.05) is 6.42 Å². The summed E-state index contributed by atoms with van der Waals surface area (Å²) in [6, 6.07) is 4.37. The number of amides is 2. The Bertz CT molecular complexity index is 1000. The first-order chi connectivity index (χ1) is 16.6. The second kappa shape index (κ2) is 10.5. The minimum Gasteiger partial charge on any atom is -0.409 e. The molecule has 182 valence electrons. The number of hydrogen-bond acceptors (Lipinski definition) is 7. The number of piperidine rings is 1. The minimum absolute atomic E-state index is 0.108. The summed E-state index contributed by atoms with van der Waals surface area (Å²) in [5, 5.41) is 2.50. The molecule has 0 aliphatic carbocycles. The molecule has 0 radical (unpaired) electrons. The first-order valence-electron chi connectivity index (χ1n) is 12.1. The average Bonchev–Trinajstić information content (AvgIpc) is 3.49. The molecule has 0 saturated carbocycles. The van der Waals surface area contributed by atoms with E-state index in [4.69, 9.17) is 4.74 Å². The van der Waals surface area contributed by atoms with Crippen molar-refractivity contribution >= 4 is 35.0 Å². The summed E-state index contributed by atoms with van der Waals surface area (Å²) < 4.78 is 19.7. The number of halogens is 1. The lowest BCUT2D eigenvalue weighted by atomic mass is 10.1. The summed E-state index contributed by atoms with van der Waals surface area (Å²) in [4.78, 5) is 34.1. The highest BCUT2D eigenvalue weighted by molar-refractivity contribution is 8.18. The number of amidine groups is 1. The number of carbonyl (C=O) groups excluding carboxylic acids is 2. The molecule has 3 saturated heterocycles. The van der Waals surface area contributed by atoms with Crippen LogP contribution in [0.15, 0.2) is 28.1 Å². The van der Waals surface area contributed by atoms with Gasteiger partial charge in [-0.25, -0.2) is 14.6 Å². The Morgan fingerprint density at radius 2 is 1.97 bits per heavy atom. The molecular weight excluding hydrogens is 457 g/mol. The third-order valence-corrected chi connectivity index (χ3v) is 7.75. The van der Waals surface area contributed by atoms with E-state index in [0.29, 0.717) is 34.8 Å². The predicted octanol–water partition coefficient (Wildman–Crippen LogP) is 3.46. The van der Waals surface area contributed by atoms with Crippen LogP contribution >= 0.6 is 11.8 Å². The summed E-state index contributed by atoms with van der Waals surface area (Å²) in [5.74, 6) is -0.743. The van der Waals surface area contributed by atoms with Crippen LogP contribution in [-0.4, -0.2) is 77.3 Å². The number of benzene rings is 1. The summed E-state index contributed by atoms with van der Waals surface area (Å²) in [6.07, 6.45) is 7.87. The second-order valence-corrected chi connectivity index (χ2v) is 10.1. The molecule has 10 heteroatoms. The normalized spacial score (nSPS) is 25.2. The van der Waals surface area contributed by atoms with Crippen molar-refractivity contribution in [3.63, 3.8) is 0 Å². The van der Waals surface area contributed by atoms with Crippen molar-refractivity contribution in [3.8, 4) is 5.75 Å². The van der Waals surface area contributed by atoms with Gasteiger partial charge in [-0.15, -0.1) is 0 Å². The molecule has 0 bridgehead atoms. The van der Waals surface area contributed by atoms with Crippen LogP contribution in [0.2, 0.25) is 0 Å². The number of ether oxygens (including phenoxy) is 1. The van der Waals surface area contributed by atoms with Crippen LogP contribution in [0.3, 0.4) is 0 Å². The summed E-state index contributed by atoms with van der Waals surface area (Å²) in [6.45, 7) is 5.05. The molecule has 5 rings (SSSR count). The average molecular weight is 488 g/mol. The van der Waals surface area contributed by atoms with Gasteiger partial charge in [-0.2, -0.15) is 4.99 Å². The third-order valence-electron chi connectivity index (χ3n) is 6.74. The second-order valence-electron chi connectivity index (χ2n) is 9.11. The third kappa shape index (κ3) is 5.29. The van der Waals surface area contributed by atoms with E-state index in [1.807, 2.05) is 5.01 Å². The van der Waals surface area contributed by atoms with Gasteiger partial charge < -0.3 is 9.64 Å². The first-order valence-corrected chi connectivity index (χ1v) is 12.9. The van der Waals surface area contributed by atoms with E-state index in [1.54, 1.807) is 11.0 Å². The van der Waals surface area contributed by atoms with Gasteiger partial charge in [-0.05, 0) is 75.2 Å². The zero-order valence-electron chi connectivity index (χ0n) is 19.2. The van der Waals surface area contributed by atoms with Gasteiger partial charge in [0.25, 0.3) is 5.91 Å². The minimum atomic E-state index is -0.502. The maximum atomic E-state index is 14.0. The van der Waals surface area contributed by atoms with Gasteiger partial charge in [0.2, 0.25) is 0 Å². The Morgan fingerprint density at radius 3 is 2.76 bits per heavy atom. The fourth-order valence-electron chi connectivity index (χ4n) is 4.87. The monoisotopic (exact) mass is 487 g/mol. The van der Waals surface area contributed by atoms with Gasteiger partial charge >= 0.3 is 6.09 Å². The molecule has 34 heavy (non-hydrogen) atoms. The molecule has 1 atom stereocenters. The Hall–Kier alpha value is -2.43. The van der Waals surface area contributed by atoms with E-state index in [2.05, 4.69) is 15.3 Å². The number of hydrogen-bond donors (Lipinski definition) is 1. The van der Waals surface area contributed by atoms with Crippen LogP contribution in [0, 0.1) is 5.82 Å². The number of likely N-dealkylation sites (tertiary alicyclic amines) is 2. The lowest BCUT2D eigenvalue weighted by molar-refractivity contribution is -0.113. The molecule has 4 heterocycles. The Morgan fingerprint density at radius 1 is 1.15 bits per heavy atom. The molecular formula is C24H30FN5O3S. The lowest BCUT2D eigenvalue weighted by Crippen LogP contribution is -2.45. The predicted molar refractivity (Wildman–Crippen MR) is 130 cm³/mol. The quantitative estimate of drug-likeness (QED) is 0.655. The van der Waals surface area contributed by atoms with Gasteiger partial charge in [0, 0.05) is 43.9 Å². The fourth-order valence-corrected chi connectivity index (χ4v) is 5.78. The number of hydrazine groups is 1. The van der Waals surface area contributed by atoms with Crippen molar-refractivity contribution in [2.75, 3.05) is 39.3 Å². The van der Waals surface area contributed by atoms with Crippen molar-refractivity contribution in [1.82, 2.24) is 20.2 Å². The van der Waals surface area contributed by atoms with Gasteiger partial charge in [0.15, 0.2) is 5.17 Å².